The second-order valence-corrected chi connectivity index (χ2v) is 8.25. The van der Waals surface area contributed by atoms with Crippen LogP contribution in [0.4, 0.5) is 0 Å². The molecular weight excluding hydrogens is 446 g/mol. The first-order valence-corrected chi connectivity index (χ1v) is 10.7. The molecule has 7 nitrogen and oxygen atoms in total. The third-order valence-electron chi connectivity index (χ3n) is 5.24. The van der Waals surface area contributed by atoms with Gasteiger partial charge in [0.25, 0.3) is 5.91 Å². The van der Waals surface area contributed by atoms with Crippen molar-refractivity contribution in [1.82, 2.24) is 25.4 Å². The SMILES string of the molecule is O=C(NCc1ccc(Br)cc1)C1CCCN(C(=O)c2cc(-c3ccncc3)n[nH]2)C1. The van der Waals surface area contributed by atoms with Crippen molar-refractivity contribution in [3.8, 4) is 11.3 Å². The highest BCUT2D eigenvalue weighted by Crippen LogP contribution is 2.21. The van der Waals surface area contributed by atoms with Crippen LogP contribution in [0.2, 0.25) is 0 Å². The monoisotopic (exact) mass is 467 g/mol. The maximum Gasteiger partial charge on any atom is 0.271 e. The van der Waals surface area contributed by atoms with Crippen molar-refractivity contribution < 1.29 is 9.59 Å². The van der Waals surface area contributed by atoms with E-state index < -0.39 is 0 Å². The average molecular weight is 468 g/mol. The zero-order chi connectivity index (χ0) is 20.9. The van der Waals surface area contributed by atoms with Gasteiger partial charge in [-0.25, -0.2) is 0 Å². The number of nitrogens with zero attached hydrogens (tertiary/aromatic N) is 3. The van der Waals surface area contributed by atoms with E-state index in [9.17, 15) is 9.59 Å². The minimum Gasteiger partial charge on any atom is -0.352 e. The van der Waals surface area contributed by atoms with Crippen LogP contribution in [0.15, 0.2) is 59.3 Å². The topological polar surface area (TPSA) is 91.0 Å². The Bertz CT molecular complexity index is 1020. The Morgan fingerprint density at radius 3 is 2.70 bits per heavy atom. The van der Waals surface area contributed by atoms with Crippen LogP contribution in [-0.2, 0) is 11.3 Å². The van der Waals surface area contributed by atoms with Gasteiger partial charge in [0.1, 0.15) is 5.69 Å². The van der Waals surface area contributed by atoms with E-state index in [1.165, 1.54) is 0 Å². The standard InChI is InChI=1S/C22H22BrN5O2/c23-18-5-3-15(4-6-18)13-25-21(29)17-2-1-11-28(14-17)22(30)20-12-19(26-27-20)16-7-9-24-10-8-16/h3-10,12,17H,1-2,11,13-14H2,(H,25,29)(H,26,27). The molecule has 8 heteroatoms. The molecule has 0 aliphatic carbocycles. The van der Waals surface area contributed by atoms with Crippen LogP contribution in [0.1, 0.15) is 28.9 Å². The summed E-state index contributed by atoms with van der Waals surface area (Å²) in [6.45, 7) is 1.53. The lowest BCUT2D eigenvalue weighted by molar-refractivity contribution is -0.126. The number of H-pyrrole nitrogens is 1. The summed E-state index contributed by atoms with van der Waals surface area (Å²) in [5.74, 6) is -0.355. The molecule has 4 rings (SSSR count). The molecule has 2 aromatic heterocycles. The van der Waals surface area contributed by atoms with Gasteiger partial charge in [0.2, 0.25) is 5.91 Å². The number of rotatable bonds is 5. The molecule has 1 aromatic carbocycles. The molecule has 0 saturated carbocycles. The number of halogens is 1. The van der Waals surface area contributed by atoms with Crippen molar-refractivity contribution >= 4 is 27.7 Å². The summed E-state index contributed by atoms with van der Waals surface area (Å²) in [4.78, 5) is 31.3. The molecule has 1 unspecified atom stereocenters. The number of amides is 2. The van der Waals surface area contributed by atoms with Crippen molar-refractivity contribution in [3.63, 3.8) is 0 Å². The maximum absolute atomic E-state index is 12.9. The fraction of sp³-hybridized carbons (Fsp3) is 0.273. The molecule has 2 N–H and O–H groups in total. The summed E-state index contributed by atoms with van der Waals surface area (Å²) >= 11 is 3.41. The van der Waals surface area contributed by atoms with Gasteiger partial charge in [0, 0.05) is 42.1 Å². The summed E-state index contributed by atoms with van der Waals surface area (Å²) in [6.07, 6.45) is 4.95. The lowest BCUT2D eigenvalue weighted by atomic mass is 9.96. The second kappa shape index (κ2) is 9.21. The van der Waals surface area contributed by atoms with Gasteiger partial charge in [-0.15, -0.1) is 0 Å². The molecule has 0 bridgehead atoms. The molecule has 1 saturated heterocycles. The number of hydrogen-bond donors (Lipinski definition) is 2. The van der Waals surface area contributed by atoms with Crippen LogP contribution < -0.4 is 5.32 Å². The summed E-state index contributed by atoms with van der Waals surface area (Å²) in [5.41, 5.74) is 3.06. The molecule has 2 amide bonds. The molecule has 1 aliphatic rings. The number of aromatic amines is 1. The number of carbonyl (C=O) groups is 2. The van der Waals surface area contributed by atoms with Gasteiger partial charge in [-0.1, -0.05) is 28.1 Å². The highest BCUT2D eigenvalue weighted by molar-refractivity contribution is 9.10. The Hall–Kier alpha value is -3.00. The van der Waals surface area contributed by atoms with Crippen LogP contribution in [0.25, 0.3) is 11.3 Å². The number of nitrogens with one attached hydrogen (secondary N) is 2. The van der Waals surface area contributed by atoms with Gasteiger partial charge in [-0.05, 0) is 48.7 Å². The van der Waals surface area contributed by atoms with Crippen LogP contribution >= 0.6 is 15.9 Å². The van der Waals surface area contributed by atoms with Crippen LogP contribution in [0, 0.1) is 5.92 Å². The maximum atomic E-state index is 12.9. The summed E-state index contributed by atoms with van der Waals surface area (Å²) in [6, 6.07) is 13.3. The van der Waals surface area contributed by atoms with Crippen LogP contribution in [0.5, 0.6) is 0 Å². The first-order chi connectivity index (χ1) is 14.6. The zero-order valence-corrected chi connectivity index (χ0v) is 17.9. The van der Waals surface area contributed by atoms with E-state index in [1.54, 1.807) is 23.4 Å². The molecule has 1 atom stereocenters. The number of aromatic nitrogens is 3. The fourth-order valence-electron chi connectivity index (χ4n) is 3.58. The average Bonchev–Trinajstić information content (AvgIpc) is 3.29. The molecule has 0 spiro atoms. The molecule has 154 valence electrons. The van der Waals surface area contributed by atoms with Gasteiger partial charge >= 0.3 is 0 Å². The Balaban J connectivity index is 1.36. The van der Waals surface area contributed by atoms with Gasteiger partial charge in [0.15, 0.2) is 0 Å². The predicted molar refractivity (Wildman–Crippen MR) is 116 cm³/mol. The first-order valence-electron chi connectivity index (χ1n) is 9.87. The van der Waals surface area contributed by atoms with Gasteiger partial charge in [-0.3, -0.25) is 19.7 Å². The molecule has 1 aliphatic heterocycles. The Labute approximate surface area is 183 Å². The smallest absolute Gasteiger partial charge is 0.271 e. The number of pyridine rings is 1. The first kappa shape index (κ1) is 20.3. The Morgan fingerprint density at radius 1 is 1.17 bits per heavy atom. The van der Waals surface area contributed by atoms with Crippen molar-refractivity contribution in [3.05, 3.63) is 70.6 Å². The number of hydrogen-bond acceptors (Lipinski definition) is 4. The molecular formula is C22H22BrN5O2. The molecule has 30 heavy (non-hydrogen) atoms. The highest BCUT2D eigenvalue weighted by Gasteiger charge is 2.29. The zero-order valence-electron chi connectivity index (χ0n) is 16.3. The van der Waals surface area contributed by atoms with E-state index in [0.717, 1.165) is 28.4 Å². The van der Waals surface area contributed by atoms with E-state index in [4.69, 9.17) is 0 Å². The number of carbonyl (C=O) groups excluding carboxylic acids is 2. The van der Waals surface area contributed by atoms with Crippen molar-refractivity contribution in [2.75, 3.05) is 13.1 Å². The molecule has 3 heterocycles. The third-order valence-corrected chi connectivity index (χ3v) is 5.77. The largest absolute Gasteiger partial charge is 0.352 e. The van der Waals surface area contributed by atoms with E-state index in [-0.39, 0.29) is 17.7 Å². The Kier molecular flexibility index (Phi) is 6.23. The summed E-state index contributed by atoms with van der Waals surface area (Å²) in [5, 5.41) is 10.1. The van der Waals surface area contributed by atoms with Gasteiger partial charge < -0.3 is 10.2 Å². The van der Waals surface area contributed by atoms with Crippen molar-refractivity contribution in [1.29, 1.82) is 0 Å². The molecule has 3 aromatic rings. The van der Waals surface area contributed by atoms with E-state index in [1.807, 2.05) is 36.4 Å². The normalized spacial score (nSPS) is 16.3. The third kappa shape index (κ3) is 4.76. The van der Waals surface area contributed by atoms with E-state index >= 15 is 0 Å². The van der Waals surface area contributed by atoms with E-state index in [0.29, 0.717) is 31.0 Å². The summed E-state index contributed by atoms with van der Waals surface area (Å²) < 4.78 is 1.00. The quantitative estimate of drug-likeness (QED) is 0.601. The van der Waals surface area contributed by atoms with Gasteiger partial charge in [-0.2, -0.15) is 5.10 Å². The number of piperidine rings is 1. The van der Waals surface area contributed by atoms with Crippen molar-refractivity contribution in [2.45, 2.75) is 19.4 Å². The van der Waals surface area contributed by atoms with E-state index in [2.05, 4.69) is 36.4 Å². The van der Waals surface area contributed by atoms with Crippen LogP contribution in [0.3, 0.4) is 0 Å². The second-order valence-electron chi connectivity index (χ2n) is 7.34. The highest BCUT2D eigenvalue weighted by atomic mass is 79.9. The minimum atomic E-state index is -0.208. The lowest BCUT2D eigenvalue weighted by Gasteiger charge is -2.31. The fourth-order valence-corrected chi connectivity index (χ4v) is 3.85. The van der Waals surface area contributed by atoms with Gasteiger partial charge in [0.05, 0.1) is 11.6 Å². The number of likely N-dealkylation sites (tertiary alicyclic amines) is 1. The Morgan fingerprint density at radius 2 is 1.93 bits per heavy atom. The number of benzene rings is 1. The molecule has 1 fully saturated rings. The van der Waals surface area contributed by atoms with Crippen molar-refractivity contribution in [2.24, 2.45) is 5.92 Å². The summed E-state index contributed by atoms with van der Waals surface area (Å²) in [7, 11) is 0. The molecule has 0 radical (unpaired) electrons. The lowest BCUT2D eigenvalue weighted by Crippen LogP contribution is -2.45. The minimum absolute atomic E-state index is 0.0162. The van der Waals surface area contributed by atoms with Crippen LogP contribution in [-0.4, -0.2) is 45.0 Å². The predicted octanol–water partition coefficient (Wildman–Crippen LogP) is 3.40.